The lowest BCUT2D eigenvalue weighted by molar-refractivity contribution is -0.119. The molecule has 102 valence electrons. The highest BCUT2D eigenvalue weighted by molar-refractivity contribution is 5.84. The van der Waals surface area contributed by atoms with Gasteiger partial charge in [-0.05, 0) is 29.7 Å². The summed E-state index contributed by atoms with van der Waals surface area (Å²) in [6.45, 7) is 0.642. The van der Waals surface area contributed by atoms with Crippen molar-refractivity contribution < 1.29 is 4.79 Å². The molecule has 20 heavy (non-hydrogen) atoms. The Morgan fingerprint density at radius 2 is 2.05 bits per heavy atom. The van der Waals surface area contributed by atoms with Gasteiger partial charge in [-0.3, -0.25) is 9.78 Å². The van der Waals surface area contributed by atoms with Crippen LogP contribution in [0.2, 0.25) is 0 Å². The van der Waals surface area contributed by atoms with E-state index in [0.717, 1.165) is 17.7 Å². The van der Waals surface area contributed by atoms with Crippen molar-refractivity contribution in [2.75, 3.05) is 0 Å². The van der Waals surface area contributed by atoms with E-state index in [0.29, 0.717) is 6.54 Å². The lowest BCUT2D eigenvalue weighted by Crippen LogP contribution is -2.38. The van der Waals surface area contributed by atoms with Gasteiger partial charge in [0, 0.05) is 18.8 Å². The highest BCUT2D eigenvalue weighted by atomic mass is 16.1. The molecule has 0 spiro atoms. The molecule has 4 heteroatoms. The maximum atomic E-state index is 11.8. The topological polar surface area (TPSA) is 68.0 Å². The number of rotatable bonds is 4. The first-order chi connectivity index (χ1) is 9.75. The van der Waals surface area contributed by atoms with Crippen LogP contribution in [0, 0.1) is 0 Å². The Bertz CT molecular complexity index is 612. The summed E-state index contributed by atoms with van der Waals surface area (Å²) in [4.78, 5) is 16.0. The van der Waals surface area contributed by atoms with Crippen LogP contribution in [0.25, 0.3) is 0 Å². The normalized spacial score (nSPS) is 20.6. The van der Waals surface area contributed by atoms with Crippen LogP contribution in [-0.2, 0) is 17.8 Å². The average Bonchev–Trinajstić information content (AvgIpc) is 2.84. The molecule has 0 fully saturated rings. The quantitative estimate of drug-likeness (QED) is 0.879. The van der Waals surface area contributed by atoms with Gasteiger partial charge < -0.3 is 11.1 Å². The minimum atomic E-state index is -0.270. The van der Waals surface area contributed by atoms with Crippen molar-refractivity contribution in [3.05, 3.63) is 65.5 Å². The van der Waals surface area contributed by atoms with Crippen molar-refractivity contribution in [1.82, 2.24) is 10.3 Å². The van der Waals surface area contributed by atoms with Gasteiger partial charge in [0.1, 0.15) is 0 Å². The fourth-order valence-electron chi connectivity index (χ4n) is 2.87. The molecule has 0 saturated heterocycles. The van der Waals surface area contributed by atoms with Gasteiger partial charge in [-0.2, -0.15) is 0 Å². The zero-order valence-electron chi connectivity index (χ0n) is 11.1. The van der Waals surface area contributed by atoms with E-state index >= 15 is 0 Å². The largest absolute Gasteiger partial charge is 0.369 e. The molecule has 2 atom stereocenters. The molecule has 0 bridgehead atoms. The monoisotopic (exact) mass is 267 g/mol. The van der Waals surface area contributed by atoms with E-state index in [1.54, 1.807) is 6.20 Å². The third kappa shape index (κ3) is 2.42. The van der Waals surface area contributed by atoms with E-state index in [9.17, 15) is 4.79 Å². The van der Waals surface area contributed by atoms with Gasteiger partial charge in [0.25, 0.3) is 0 Å². The number of pyridine rings is 1. The molecule has 0 radical (unpaired) electrons. The predicted octanol–water partition coefficient (Wildman–Crippen LogP) is 1.36. The fourth-order valence-corrected chi connectivity index (χ4v) is 2.87. The van der Waals surface area contributed by atoms with Crippen LogP contribution in [-0.4, -0.2) is 16.9 Å². The summed E-state index contributed by atoms with van der Waals surface area (Å²) >= 11 is 0. The number of nitrogens with one attached hydrogen (secondary N) is 1. The van der Waals surface area contributed by atoms with E-state index in [1.165, 1.54) is 5.56 Å². The van der Waals surface area contributed by atoms with Crippen LogP contribution in [0.3, 0.4) is 0 Å². The zero-order valence-corrected chi connectivity index (χ0v) is 11.1. The van der Waals surface area contributed by atoms with Crippen LogP contribution in [0.1, 0.15) is 22.7 Å². The van der Waals surface area contributed by atoms with Crippen LogP contribution >= 0.6 is 0 Å². The summed E-state index contributed by atoms with van der Waals surface area (Å²) in [5, 5.41) is 3.41. The van der Waals surface area contributed by atoms with Crippen LogP contribution < -0.4 is 11.1 Å². The van der Waals surface area contributed by atoms with Crippen LogP contribution in [0.15, 0.2) is 48.7 Å². The van der Waals surface area contributed by atoms with Crippen molar-refractivity contribution in [1.29, 1.82) is 0 Å². The lowest BCUT2D eigenvalue weighted by atomic mass is 9.97. The third-order valence-corrected chi connectivity index (χ3v) is 3.81. The first-order valence-corrected chi connectivity index (χ1v) is 6.76. The molecule has 0 saturated carbocycles. The SMILES string of the molecule is NC(=O)C1c2ccccc2CC1NCc1ccccn1. The molecule has 1 heterocycles. The number of hydrogen-bond acceptors (Lipinski definition) is 3. The summed E-state index contributed by atoms with van der Waals surface area (Å²) in [6.07, 6.45) is 2.60. The first-order valence-electron chi connectivity index (χ1n) is 6.76. The number of carbonyl (C=O) groups is 1. The Hall–Kier alpha value is -2.20. The fraction of sp³-hybridized carbons (Fsp3) is 0.250. The molecule has 3 N–H and O–H groups in total. The third-order valence-electron chi connectivity index (χ3n) is 3.81. The van der Waals surface area contributed by atoms with Crippen LogP contribution in [0.5, 0.6) is 0 Å². The van der Waals surface area contributed by atoms with Crippen molar-refractivity contribution in [2.24, 2.45) is 5.73 Å². The standard InChI is InChI=1S/C16H17N3O/c17-16(20)15-13-7-2-1-5-11(13)9-14(15)19-10-12-6-3-4-8-18-12/h1-8,14-15,19H,9-10H2,(H2,17,20). The molecule has 4 nitrogen and oxygen atoms in total. The van der Waals surface area contributed by atoms with Gasteiger partial charge in [0.2, 0.25) is 5.91 Å². The second-order valence-corrected chi connectivity index (χ2v) is 5.09. The Labute approximate surface area is 118 Å². The number of carbonyl (C=O) groups excluding carboxylic acids is 1. The number of fused-ring (bicyclic) bond motifs is 1. The molecule has 1 aromatic carbocycles. The van der Waals surface area contributed by atoms with E-state index in [4.69, 9.17) is 5.73 Å². The second-order valence-electron chi connectivity index (χ2n) is 5.09. The number of nitrogens with zero attached hydrogens (tertiary/aromatic N) is 1. The van der Waals surface area contributed by atoms with Gasteiger partial charge in [0.15, 0.2) is 0 Å². The van der Waals surface area contributed by atoms with Gasteiger partial charge in [-0.1, -0.05) is 30.3 Å². The maximum absolute atomic E-state index is 11.8. The number of nitrogens with two attached hydrogens (primary N) is 1. The van der Waals surface area contributed by atoms with E-state index in [-0.39, 0.29) is 17.9 Å². The summed E-state index contributed by atoms with van der Waals surface area (Å²) in [5.74, 6) is -0.525. The number of benzene rings is 1. The summed E-state index contributed by atoms with van der Waals surface area (Å²) < 4.78 is 0. The number of aromatic nitrogens is 1. The summed E-state index contributed by atoms with van der Waals surface area (Å²) in [5.41, 5.74) is 8.80. The predicted molar refractivity (Wildman–Crippen MR) is 76.9 cm³/mol. The lowest BCUT2D eigenvalue weighted by Gasteiger charge is -2.18. The Balaban J connectivity index is 1.76. The Morgan fingerprint density at radius 1 is 1.25 bits per heavy atom. The molecule has 3 rings (SSSR count). The minimum absolute atomic E-state index is 0.0481. The van der Waals surface area contributed by atoms with E-state index in [2.05, 4.69) is 16.4 Å². The van der Waals surface area contributed by atoms with Gasteiger partial charge in [-0.15, -0.1) is 0 Å². The molecule has 1 aliphatic rings. The number of primary amides is 1. The minimum Gasteiger partial charge on any atom is -0.369 e. The van der Waals surface area contributed by atoms with E-state index in [1.807, 2.05) is 36.4 Å². The summed E-state index contributed by atoms with van der Waals surface area (Å²) in [6, 6.07) is 13.9. The Kier molecular flexibility index (Phi) is 3.48. The molecule has 1 aliphatic carbocycles. The highest BCUT2D eigenvalue weighted by Crippen LogP contribution is 2.33. The van der Waals surface area contributed by atoms with Gasteiger partial charge in [-0.25, -0.2) is 0 Å². The zero-order chi connectivity index (χ0) is 13.9. The van der Waals surface area contributed by atoms with Crippen molar-refractivity contribution in [3.63, 3.8) is 0 Å². The first kappa shape index (κ1) is 12.8. The summed E-state index contributed by atoms with van der Waals surface area (Å²) in [7, 11) is 0. The van der Waals surface area contributed by atoms with Crippen molar-refractivity contribution in [3.8, 4) is 0 Å². The van der Waals surface area contributed by atoms with Crippen molar-refractivity contribution >= 4 is 5.91 Å². The maximum Gasteiger partial charge on any atom is 0.226 e. The highest BCUT2D eigenvalue weighted by Gasteiger charge is 2.35. The second kappa shape index (κ2) is 5.43. The smallest absolute Gasteiger partial charge is 0.226 e. The molecule has 1 amide bonds. The van der Waals surface area contributed by atoms with Crippen LogP contribution in [0.4, 0.5) is 0 Å². The molecule has 2 unspecified atom stereocenters. The Morgan fingerprint density at radius 3 is 2.80 bits per heavy atom. The molecule has 1 aromatic heterocycles. The van der Waals surface area contributed by atoms with Gasteiger partial charge >= 0.3 is 0 Å². The van der Waals surface area contributed by atoms with Crippen molar-refractivity contribution in [2.45, 2.75) is 24.9 Å². The molecular weight excluding hydrogens is 250 g/mol. The number of amides is 1. The molecule has 0 aliphatic heterocycles. The molecular formula is C16H17N3O. The average molecular weight is 267 g/mol. The number of hydrogen-bond donors (Lipinski definition) is 2. The van der Waals surface area contributed by atoms with Gasteiger partial charge in [0.05, 0.1) is 11.6 Å². The molecule has 2 aromatic rings. The van der Waals surface area contributed by atoms with E-state index < -0.39 is 0 Å².